The summed E-state index contributed by atoms with van der Waals surface area (Å²) in [6.07, 6.45) is 1.73. The van der Waals surface area contributed by atoms with Crippen LogP contribution in [0.4, 0.5) is 4.79 Å². The molecule has 1 amide bonds. The number of nitrogens with two attached hydrogens (primary N) is 1. The van der Waals surface area contributed by atoms with Crippen molar-refractivity contribution in [3.05, 3.63) is 0 Å². The predicted octanol–water partition coefficient (Wildman–Crippen LogP) is 1.48. The van der Waals surface area contributed by atoms with Gasteiger partial charge in [0.15, 0.2) is 0 Å². The van der Waals surface area contributed by atoms with Crippen LogP contribution in [-0.4, -0.2) is 35.4 Å². The van der Waals surface area contributed by atoms with Crippen LogP contribution >= 0.6 is 0 Å². The smallest absolute Gasteiger partial charge is 0.407 e. The summed E-state index contributed by atoms with van der Waals surface area (Å²) in [4.78, 5) is 21.6. The lowest BCUT2D eigenvalue weighted by atomic mass is 10.1. The first-order valence-electron chi connectivity index (χ1n) is 6.15. The predicted molar refractivity (Wildman–Crippen MR) is 68.3 cm³/mol. The van der Waals surface area contributed by atoms with Crippen molar-refractivity contribution in [3.63, 3.8) is 0 Å². The number of carboxylic acids is 1. The fourth-order valence-corrected chi connectivity index (χ4v) is 1.36. The third-order valence-electron chi connectivity index (χ3n) is 2.11. The molecule has 0 saturated heterocycles. The number of unbranched alkanes of at least 4 members (excludes halogenated alkanes) is 1. The Hall–Kier alpha value is -1.30. The molecule has 0 rings (SSSR count). The van der Waals surface area contributed by atoms with Gasteiger partial charge in [0.1, 0.15) is 5.60 Å². The minimum absolute atomic E-state index is 0.0144. The highest BCUT2D eigenvalue weighted by molar-refractivity contribution is 5.67. The van der Waals surface area contributed by atoms with Gasteiger partial charge in [-0.2, -0.15) is 0 Å². The van der Waals surface area contributed by atoms with Gasteiger partial charge in [0.25, 0.3) is 0 Å². The van der Waals surface area contributed by atoms with Gasteiger partial charge in [0.05, 0.1) is 6.42 Å². The quantitative estimate of drug-likeness (QED) is 0.602. The van der Waals surface area contributed by atoms with Crippen molar-refractivity contribution in [1.29, 1.82) is 0 Å². The monoisotopic (exact) mass is 260 g/mol. The zero-order chi connectivity index (χ0) is 14.2. The molecule has 6 nitrogen and oxygen atoms in total. The number of nitrogens with one attached hydrogen (secondary N) is 1. The van der Waals surface area contributed by atoms with Crippen LogP contribution in [0, 0.1) is 0 Å². The topological polar surface area (TPSA) is 102 Å². The molecule has 0 heterocycles. The Morgan fingerprint density at radius 1 is 1.33 bits per heavy atom. The van der Waals surface area contributed by atoms with Crippen molar-refractivity contribution < 1.29 is 19.4 Å². The van der Waals surface area contributed by atoms with E-state index in [1.165, 1.54) is 0 Å². The highest BCUT2D eigenvalue weighted by atomic mass is 16.6. The molecular formula is C12H24N2O4. The van der Waals surface area contributed by atoms with Gasteiger partial charge >= 0.3 is 12.1 Å². The Morgan fingerprint density at radius 2 is 1.94 bits per heavy atom. The number of hydrogen-bond donors (Lipinski definition) is 3. The lowest BCUT2D eigenvalue weighted by Gasteiger charge is -2.19. The van der Waals surface area contributed by atoms with E-state index in [1.54, 1.807) is 20.8 Å². The average Bonchev–Trinajstić information content (AvgIpc) is 2.12. The highest BCUT2D eigenvalue weighted by Gasteiger charge is 2.15. The van der Waals surface area contributed by atoms with E-state index in [4.69, 9.17) is 15.6 Å². The maximum Gasteiger partial charge on any atom is 0.407 e. The van der Waals surface area contributed by atoms with E-state index in [-0.39, 0.29) is 12.5 Å². The molecule has 0 bridgehead atoms. The van der Waals surface area contributed by atoms with E-state index >= 15 is 0 Å². The van der Waals surface area contributed by atoms with Gasteiger partial charge in [-0.05, 0) is 33.6 Å². The van der Waals surface area contributed by atoms with Gasteiger partial charge in [-0.1, -0.05) is 6.42 Å². The number of amides is 1. The summed E-state index contributed by atoms with van der Waals surface area (Å²) >= 11 is 0. The van der Waals surface area contributed by atoms with Crippen molar-refractivity contribution in [3.8, 4) is 0 Å². The van der Waals surface area contributed by atoms with Gasteiger partial charge in [-0.15, -0.1) is 0 Å². The van der Waals surface area contributed by atoms with E-state index in [0.29, 0.717) is 13.0 Å². The number of carboxylic acid groups (broad SMARTS) is 1. The molecular weight excluding hydrogens is 236 g/mol. The number of aliphatic carboxylic acids is 1. The number of rotatable bonds is 7. The molecule has 0 aromatic heterocycles. The Morgan fingerprint density at radius 3 is 2.44 bits per heavy atom. The molecule has 0 unspecified atom stereocenters. The average molecular weight is 260 g/mol. The summed E-state index contributed by atoms with van der Waals surface area (Å²) in [5.41, 5.74) is 5.11. The fraction of sp³-hybridized carbons (Fsp3) is 0.833. The molecule has 6 heteroatoms. The summed E-state index contributed by atoms with van der Waals surface area (Å²) in [6, 6.07) is -0.316. The number of hydrogen-bond acceptors (Lipinski definition) is 4. The first-order valence-corrected chi connectivity index (χ1v) is 6.15. The first kappa shape index (κ1) is 16.7. The number of carbonyl (C=O) groups excluding carboxylic acids is 1. The van der Waals surface area contributed by atoms with Crippen LogP contribution in [0.3, 0.4) is 0 Å². The zero-order valence-electron chi connectivity index (χ0n) is 11.4. The van der Waals surface area contributed by atoms with E-state index in [0.717, 1.165) is 12.8 Å². The van der Waals surface area contributed by atoms with Gasteiger partial charge in [-0.25, -0.2) is 4.79 Å². The van der Waals surface area contributed by atoms with E-state index < -0.39 is 17.7 Å². The Labute approximate surface area is 108 Å². The third kappa shape index (κ3) is 11.2. The van der Waals surface area contributed by atoms with Crippen molar-refractivity contribution in [2.45, 2.75) is 58.1 Å². The third-order valence-corrected chi connectivity index (χ3v) is 2.11. The molecule has 1 atom stereocenters. The molecule has 0 aliphatic heterocycles. The van der Waals surface area contributed by atoms with Crippen LogP contribution in [0.1, 0.15) is 46.5 Å². The SMILES string of the molecule is CC(C)(C)OC(=O)NCCCC[C@H](N)CC(=O)O. The van der Waals surface area contributed by atoms with Gasteiger partial charge in [0, 0.05) is 12.6 Å². The Bertz CT molecular complexity index is 274. The molecule has 0 aliphatic carbocycles. The number of ether oxygens (including phenoxy) is 1. The Balaban J connectivity index is 3.51. The van der Waals surface area contributed by atoms with Crippen molar-refractivity contribution >= 4 is 12.1 Å². The van der Waals surface area contributed by atoms with Crippen LogP contribution in [-0.2, 0) is 9.53 Å². The minimum Gasteiger partial charge on any atom is -0.481 e. The molecule has 4 N–H and O–H groups in total. The first-order chi connectivity index (χ1) is 8.20. The minimum atomic E-state index is -0.880. The number of carbonyl (C=O) groups is 2. The molecule has 0 radical (unpaired) electrons. The van der Waals surface area contributed by atoms with Crippen molar-refractivity contribution in [2.75, 3.05) is 6.54 Å². The van der Waals surface area contributed by atoms with Crippen LogP contribution in [0.15, 0.2) is 0 Å². The molecule has 0 fully saturated rings. The number of alkyl carbamates (subject to hydrolysis) is 1. The van der Waals surface area contributed by atoms with Crippen LogP contribution in [0.2, 0.25) is 0 Å². The molecule has 18 heavy (non-hydrogen) atoms. The maximum absolute atomic E-state index is 11.3. The second-order valence-electron chi connectivity index (χ2n) is 5.28. The second-order valence-corrected chi connectivity index (χ2v) is 5.28. The lowest BCUT2D eigenvalue weighted by molar-refractivity contribution is -0.137. The zero-order valence-corrected chi connectivity index (χ0v) is 11.4. The molecule has 0 aromatic carbocycles. The van der Waals surface area contributed by atoms with E-state index in [2.05, 4.69) is 5.32 Å². The maximum atomic E-state index is 11.3. The van der Waals surface area contributed by atoms with Gasteiger partial charge < -0.3 is 20.9 Å². The highest BCUT2D eigenvalue weighted by Crippen LogP contribution is 2.06. The molecule has 106 valence electrons. The van der Waals surface area contributed by atoms with Crippen LogP contribution in [0.25, 0.3) is 0 Å². The summed E-state index contributed by atoms with van der Waals surface area (Å²) in [7, 11) is 0. The van der Waals surface area contributed by atoms with Gasteiger partial charge in [-0.3, -0.25) is 4.79 Å². The summed E-state index contributed by atoms with van der Waals surface area (Å²) in [6.45, 7) is 5.92. The summed E-state index contributed by atoms with van der Waals surface area (Å²) < 4.78 is 5.07. The fourth-order valence-electron chi connectivity index (χ4n) is 1.36. The van der Waals surface area contributed by atoms with Crippen LogP contribution < -0.4 is 11.1 Å². The van der Waals surface area contributed by atoms with Crippen molar-refractivity contribution in [1.82, 2.24) is 5.32 Å². The second kappa shape index (κ2) is 7.92. The van der Waals surface area contributed by atoms with Crippen LogP contribution in [0.5, 0.6) is 0 Å². The largest absolute Gasteiger partial charge is 0.481 e. The lowest BCUT2D eigenvalue weighted by Crippen LogP contribution is -2.33. The van der Waals surface area contributed by atoms with Gasteiger partial charge in [0.2, 0.25) is 0 Å². The summed E-state index contributed by atoms with van der Waals surface area (Å²) in [5.74, 6) is -0.880. The molecule has 0 spiro atoms. The Kier molecular flexibility index (Phi) is 7.35. The molecule has 0 aromatic rings. The van der Waals surface area contributed by atoms with E-state index in [1.807, 2.05) is 0 Å². The summed E-state index contributed by atoms with van der Waals surface area (Å²) in [5, 5.41) is 11.1. The standard InChI is InChI=1S/C12H24N2O4/c1-12(2,3)18-11(17)14-7-5-4-6-9(13)8-10(15)16/h9H,4-8,13H2,1-3H3,(H,14,17)(H,15,16)/t9-/m0/s1. The van der Waals surface area contributed by atoms with E-state index in [9.17, 15) is 9.59 Å². The van der Waals surface area contributed by atoms with Crippen molar-refractivity contribution in [2.24, 2.45) is 5.73 Å². The molecule has 0 aliphatic rings. The molecule has 0 saturated carbocycles. The normalized spacial score (nSPS) is 12.9.